The predicted octanol–water partition coefficient (Wildman–Crippen LogP) is 4.50. The number of anilines is 3. The van der Waals surface area contributed by atoms with Crippen LogP contribution in [0.5, 0.6) is 0 Å². The summed E-state index contributed by atoms with van der Waals surface area (Å²) in [5, 5.41) is 5.83. The SMILES string of the molecule is CC1CCN(c2ccc(NC(=O)CCNc3ccccc3F)cc2)CC1. The van der Waals surface area contributed by atoms with Crippen LogP contribution in [0.15, 0.2) is 48.5 Å². The number of piperidine rings is 1. The summed E-state index contributed by atoms with van der Waals surface area (Å²) >= 11 is 0. The minimum absolute atomic E-state index is 0.0895. The van der Waals surface area contributed by atoms with E-state index in [1.165, 1.54) is 24.6 Å². The monoisotopic (exact) mass is 355 g/mol. The van der Waals surface area contributed by atoms with Crippen molar-refractivity contribution in [2.24, 2.45) is 5.92 Å². The van der Waals surface area contributed by atoms with Gasteiger partial charge in [-0.3, -0.25) is 4.79 Å². The molecule has 1 aliphatic heterocycles. The van der Waals surface area contributed by atoms with Gasteiger partial charge in [0.25, 0.3) is 0 Å². The van der Waals surface area contributed by atoms with E-state index < -0.39 is 0 Å². The zero-order valence-corrected chi connectivity index (χ0v) is 15.2. The smallest absolute Gasteiger partial charge is 0.226 e. The number of hydrogen-bond donors (Lipinski definition) is 2. The number of carbonyl (C=O) groups excluding carboxylic acids is 1. The van der Waals surface area contributed by atoms with Crippen LogP contribution in [0.1, 0.15) is 26.2 Å². The summed E-state index contributed by atoms with van der Waals surface area (Å²) in [5.74, 6) is 0.409. The fourth-order valence-corrected chi connectivity index (χ4v) is 3.16. The summed E-state index contributed by atoms with van der Waals surface area (Å²) in [6, 6.07) is 14.5. The molecule has 0 atom stereocenters. The van der Waals surface area contributed by atoms with Gasteiger partial charge < -0.3 is 15.5 Å². The first kappa shape index (κ1) is 18.2. The summed E-state index contributed by atoms with van der Waals surface area (Å²) in [4.78, 5) is 14.4. The molecule has 0 aliphatic carbocycles. The van der Waals surface area contributed by atoms with E-state index in [-0.39, 0.29) is 18.1 Å². The number of hydrogen-bond acceptors (Lipinski definition) is 3. The van der Waals surface area contributed by atoms with Crippen LogP contribution >= 0.6 is 0 Å². The van der Waals surface area contributed by atoms with Gasteiger partial charge in [0, 0.05) is 37.4 Å². The van der Waals surface area contributed by atoms with Crippen molar-refractivity contribution in [3.8, 4) is 0 Å². The Morgan fingerprint density at radius 1 is 1.12 bits per heavy atom. The number of carbonyl (C=O) groups is 1. The van der Waals surface area contributed by atoms with E-state index in [1.54, 1.807) is 18.2 Å². The Hall–Kier alpha value is -2.56. The van der Waals surface area contributed by atoms with Gasteiger partial charge in [-0.1, -0.05) is 19.1 Å². The van der Waals surface area contributed by atoms with Crippen molar-refractivity contribution < 1.29 is 9.18 Å². The van der Waals surface area contributed by atoms with Gasteiger partial charge in [0.1, 0.15) is 5.82 Å². The van der Waals surface area contributed by atoms with E-state index in [4.69, 9.17) is 0 Å². The van der Waals surface area contributed by atoms with Crippen LogP contribution < -0.4 is 15.5 Å². The highest BCUT2D eigenvalue weighted by molar-refractivity contribution is 5.91. The average molecular weight is 355 g/mol. The number of benzene rings is 2. The molecule has 2 aromatic rings. The fourth-order valence-electron chi connectivity index (χ4n) is 3.16. The van der Waals surface area contributed by atoms with Gasteiger partial charge in [-0.15, -0.1) is 0 Å². The van der Waals surface area contributed by atoms with Crippen LogP contribution in [-0.4, -0.2) is 25.5 Å². The zero-order chi connectivity index (χ0) is 18.4. The van der Waals surface area contributed by atoms with E-state index in [0.29, 0.717) is 12.2 Å². The minimum atomic E-state index is -0.310. The number of para-hydroxylation sites is 1. The van der Waals surface area contributed by atoms with E-state index in [2.05, 4.69) is 34.6 Å². The standard InChI is InChI=1S/C21H26FN3O/c1-16-11-14-25(15-12-16)18-8-6-17(7-9-18)24-21(26)10-13-23-20-5-3-2-4-19(20)22/h2-9,16,23H,10-15H2,1H3,(H,24,26). The van der Waals surface area contributed by atoms with Crippen molar-refractivity contribution in [3.63, 3.8) is 0 Å². The Morgan fingerprint density at radius 3 is 2.50 bits per heavy atom. The number of halogens is 1. The highest BCUT2D eigenvalue weighted by Gasteiger charge is 2.15. The molecule has 2 N–H and O–H groups in total. The highest BCUT2D eigenvalue weighted by atomic mass is 19.1. The van der Waals surface area contributed by atoms with Gasteiger partial charge in [0.2, 0.25) is 5.91 Å². The van der Waals surface area contributed by atoms with E-state index in [0.717, 1.165) is 24.7 Å². The number of nitrogens with one attached hydrogen (secondary N) is 2. The first-order chi connectivity index (χ1) is 12.6. The molecule has 5 heteroatoms. The van der Waals surface area contributed by atoms with Crippen LogP contribution in [-0.2, 0) is 4.79 Å². The molecule has 0 bridgehead atoms. The van der Waals surface area contributed by atoms with Gasteiger partial charge in [-0.05, 0) is 55.2 Å². The molecule has 1 saturated heterocycles. The molecule has 2 aromatic carbocycles. The highest BCUT2D eigenvalue weighted by Crippen LogP contribution is 2.24. The minimum Gasteiger partial charge on any atom is -0.382 e. The van der Waals surface area contributed by atoms with Crippen molar-refractivity contribution in [2.45, 2.75) is 26.2 Å². The van der Waals surface area contributed by atoms with E-state index in [9.17, 15) is 9.18 Å². The molecular formula is C21H26FN3O. The summed E-state index contributed by atoms with van der Waals surface area (Å²) in [7, 11) is 0. The van der Waals surface area contributed by atoms with Gasteiger partial charge in [0.15, 0.2) is 0 Å². The molecule has 1 heterocycles. The Labute approximate surface area is 154 Å². The zero-order valence-electron chi connectivity index (χ0n) is 15.2. The number of nitrogens with zero attached hydrogens (tertiary/aromatic N) is 1. The lowest BCUT2D eigenvalue weighted by molar-refractivity contribution is -0.115. The first-order valence-electron chi connectivity index (χ1n) is 9.25. The largest absolute Gasteiger partial charge is 0.382 e. The van der Waals surface area contributed by atoms with Crippen molar-refractivity contribution in [3.05, 3.63) is 54.3 Å². The molecule has 4 nitrogen and oxygen atoms in total. The predicted molar refractivity (Wildman–Crippen MR) is 105 cm³/mol. The third-order valence-corrected chi connectivity index (χ3v) is 4.84. The lowest BCUT2D eigenvalue weighted by atomic mass is 9.99. The third-order valence-electron chi connectivity index (χ3n) is 4.84. The molecule has 138 valence electrons. The molecule has 0 aromatic heterocycles. The summed E-state index contributed by atoms with van der Waals surface area (Å²) in [6.45, 7) is 4.87. The van der Waals surface area contributed by atoms with Crippen LogP contribution in [0, 0.1) is 11.7 Å². The van der Waals surface area contributed by atoms with Crippen molar-refractivity contribution in [1.29, 1.82) is 0 Å². The van der Waals surface area contributed by atoms with Crippen LogP contribution in [0.2, 0.25) is 0 Å². The second-order valence-corrected chi connectivity index (χ2v) is 6.92. The normalized spacial score (nSPS) is 14.9. The van der Waals surface area contributed by atoms with Crippen LogP contribution in [0.3, 0.4) is 0 Å². The fraction of sp³-hybridized carbons (Fsp3) is 0.381. The maximum absolute atomic E-state index is 13.5. The molecule has 0 saturated carbocycles. The molecule has 1 aliphatic rings. The number of rotatable bonds is 6. The molecule has 0 unspecified atom stereocenters. The Balaban J connectivity index is 1.45. The molecule has 1 amide bonds. The second kappa shape index (κ2) is 8.70. The van der Waals surface area contributed by atoms with Crippen molar-refractivity contribution in [1.82, 2.24) is 0 Å². The molecule has 0 spiro atoms. The third kappa shape index (κ3) is 4.97. The molecule has 3 rings (SSSR count). The maximum Gasteiger partial charge on any atom is 0.226 e. The van der Waals surface area contributed by atoms with Crippen LogP contribution in [0.25, 0.3) is 0 Å². The topological polar surface area (TPSA) is 44.4 Å². The average Bonchev–Trinajstić information content (AvgIpc) is 2.65. The lowest BCUT2D eigenvalue weighted by Gasteiger charge is -2.32. The van der Waals surface area contributed by atoms with Gasteiger partial charge in [-0.2, -0.15) is 0 Å². The summed E-state index contributed by atoms with van der Waals surface area (Å²) in [6.07, 6.45) is 2.74. The quantitative estimate of drug-likeness (QED) is 0.802. The van der Waals surface area contributed by atoms with Gasteiger partial charge >= 0.3 is 0 Å². The molecule has 26 heavy (non-hydrogen) atoms. The lowest BCUT2D eigenvalue weighted by Crippen LogP contribution is -2.32. The van der Waals surface area contributed by atoms with E-state index >= 15 is 0 Å². The molecule has 0 radical (unpaired) electrons. The van der Waals surface area contributed by atoms with Gasteiger partial charge in [0.05, 0.1) is 5.69 Å². The summed E-state index contributed by atoms with van der Waals surface area (Å²) < 4.78 is 13.5. The Kier molecular flexibility index (Phi) is 6.10. The summed E-state index contributed by atoms with van der Waals surface area (Å²) in [5.41, 5.74) is 2.41. The van der Waals surface area contributed by atoms with E-state index in [1.807, 2.05) is 12.1 Å². The molecule has 1 fully saturated rings. The number of amides is 1. The first-order valence-corrected chi connectivity index (χ1v) is 9.25. The maximum atomic E-state index is 13.5. The van der Waals surface area contributed by atoms with Gasteiger partial charge in [-0.25, -0.2) is 4.39 Å². The van der Waals surface area contributed by atoms with Crippen LogP contribution in [0.4, 0.5) is 21.5 Å². The van der Waals surface area contributed by atoms with Crippen molar-refractivity contribution >= 4 is 23.0 Å². The van der Waals surface area contributed by atoms with Crippen molar-refractivity contribution in [2.75, 3.05) is 35.2 Å². The second-order valence-electron chi connectivity index (χ2n) is 6.92. The molecular weight excluding hydrogens is 329 g/mol. The Morgan fingerprint density at radius 2 is 1.81 bits per heavy atom. The Bertz CT molecular complexity index is 724.